The second-order valence-electron chi connectivity index (χ2n) is 3.31. The lowest BCUT2D eigenvalue weighted by Crippen LogP contribution is -2.50. The van der Waals surface area contributed by atoms with E-state index < -0.39 is 0 Å². The van der Waals surface area contributed by atoms with E-state index >= 15 is 0 Å². The van der Waals surface area contributed by atoms with Crippen LogP contribution in [0.3, 0.4) is 0 Å². The number of hydrogen-bond donors (Lipinski definition) is 2. The summed E-state index contributed by atoms with van der Waals surface area (Å²) in [5.74, 6) is 0. The van der Waals surface area contributed by atoms with Crippen molar-refractivity contribution in [3.63, 3.8) is 0 Å². The van der Waals surface area contributed by atoms with Crippen LogP contribution >= 0.6 is 0 Å². The van der Waals surface area contributed by atoms with Gasteiger partial charge in [0.2, 0.25) is 0 Å². The van der Waals surface area contributed by atoms with E-state index in [0.717, 1.165) is 32.6 Å². The molecule has 0 radical (unpaired) electrons. The fraction of sp³-hybridized carbons (Fsp3) is 0.600. The van der Waals surface area contributed by atoms with E-state index in [4.69, 9.17) is 5.73 Å². The molecule has 13 heavy (non-hydrogen) atoms. The maximum Gasteiger partial charge on any atom is 0.0258 e. The van der Waals surface area contributed by atoms with Crippen LogP contribution in [0.25, 0.3) is 0 Å². The van der Waals surface area contributed by atoms with Crippen molar-refractivity contribution in [3.8, 4) is 0 Å². The van der Waals surface area contributed by atoms with Crippen LogP contribution in [-0.2, 0) is 0 Å². The molecule has 1 fully saturated rings. The number of rotatable bonds is 4. The zero-order chi connectivity index (χ0) is 9.52. The van der Waals surface area contributed by atoms with Crippen LogP contribution in [0, 0.1) is 0 Å². The molecule has 3 N–H and O–H groups in total. The summed E-state index contributed by atoms with van der Waals surface area (Å²) in [5, 5.41) is 3.38. The normalized spacial score (nSPS) is 25.1. The van der Waals surface area contributed by atoms with E-state index in [9.17, 15) is 0 Å². The largest absolute Gasteiger partial charge is 0.405 e. The van der Waals surface area contributed by atoms with Crippen LogP contribution in [0.1, 0.15) is 6.42 Å². The molecule has 1 saturated heterocycles. The molecular weight excluding hydrogens is 162 g/mol. The Balaban J connectivity index is 2.40. The first kappa shape index (κ1) is 10.3. The van der Waals surface area contributed by atoms with Crippen LogP contribution < -0.4 is 11.1 Å². The molecule has 0 saturated carbocycles. The lowest BCUT2D eigenvalue weighted by molar-refractivity contribution is 0.180. The Bertz CT molecular complexity index is 177. The topological polar surface area (TPSA) is 41.3 Å². The molecule has 0 amide bonds. The molecular formula is C10H19N3. The SMILES string of the molecule is C=CCC1CNCCN1CC=CN. The fourth-order valence-electron chi connectivity index (χ4n) is 1.66. The van der Waals surface area contributed by atoms with Gasteiger partial charge in [-0.3, -0.25) is 4.90 Å². The van der Waals surface area contributed by atoms with Crippen LogP contribution in [0.15, 0.2) is 24.9 Å². The van der Waals surface area contributed by atoms with E-state index in [1.807, 2.05) is 12.2 Å². The van der Waals surface area contributed by atoms with Gasteiger partial charge in [0.15, 0.2) is 0 Å². The summed E-state index contributed by atoms with van der Waals surface area (Å²) >= 11 is 0. The zero-order valence-corrected chi connectivity index (χ0v) is 8.08. The highest BCUT2D eigenvalue weighted by molar-refractivity contribution is 4.90. The minimum Gasteiger partial charge on any atom is -0.405 e. The minimum atomic E-state index is 0.586. The predicted octanol–water partition coefficient (Wildman–Crippen LogP) is 0.309. The Labute approximate surface area is 80.3 Å². The molecule has 0 aromatic rings. The highest BCUT2D eigenvalue weighted by Crippen LogP contribution is 2.07. The van der Waals surface area contributed by atoms with Crippen molar-refractivity contribution in [1.82, 2.24) is 10.2 Å². The molecule has 1 aliphatic heterocycles. The Kier molecular flexibility index (Phi) is 4.57. The minimum absolute atomic E-state index is 0.586. The number of hydrogen-bond acceptors (Lipinski definition) is 3. The average Bonchev–Trinajstić information content (AvgIpc) is 2.17. The zero-order valence-electron chi connectivity index (χ0n) is 8.08. The number of nitrogens with zero attached hydrogens (tertiary/aromatic N) is 1. The highest BCUT2D eigenvalue weighted by atomic mass is 15.2. The molecule has 1 unspecified atom stereocenters. The molecule has 0 aromatic carbocycles. The maximum absolute atomic E-state index is 5.32. The quantitative estimate of drug-likeness (QED) is 0.613. The molecule has 0 aromatic heterocycles. The van der Waals surface area contributed by atoms with E-state index in [-0.39, 0.29) is 0 Å². The summed E-state index contributed by atoms with van der Waals surface area (Å²) in [6.45, 7) is 7.96. The third-order valence-electron chi connectivity index (χ3n) is 2.39. The van der Waals surface area contributed by atoms with Crippen molar-refractivity contribution in [2.45, 2.75) is 12.5 Å². The molecule has 0 aliphatic carbocycles. The van der Waals surface area contributed by atoms with Crippen LogP contribution in [0.2, 0.25) is 0 Å². The third-order valence-corrected chi connectivity index (χ3v) is 2.39. The number of nitrogens with one attached hydrogen (secondary N) is 1. The highest BCUT2D eigenvalue weighted by Gasteiger charge is 2.18. The Morgan fingerprint density at radius 2 is 2.46 bits per heavy atom. The molecule has 3 nitrogen and oxygen atoms in total. The summed E-state index contributed by atoms with van der Waals surface area (Å²) < 4.78 is 0. The van der Waals surface area contributed by atoms with E-state index in [1.165, 1.54) is 0 Å². The third kappa shape index (κ3) is 3.20. The van der Waals surface area contributed by atoms with Crippen molar-refractivity contribution in [1.29, 1.82) is 0 Å². The van der Waals surface area contributed by atoms with Gasteiger partial charge in [-0.1, -0.05) is 12.2 Å². The second-order valence-corrected chi connectivity index (χ2v) is 3.31. The Hall–Kier alpha value is -0.800. The van der Waals surface area contributed by atoms with Gasteiger partial charge in [0.05, 0.1) is 0 Å². The molecule has 1 heterocycles. The van der Waals surface area contributed by atoms with Crippen molar-refractivity contribution >= 4 is 0 Å². The van der Waals surface area contributed by atoms with Gasteiger partial charge in [0, 0.05) is 32.2 Å². The monoisotopic (exact) mass is 181 g/mol. The summed E-state index contributed by atoms with van der Waals surface area (Å²) in [4.78, 5) is 2.43. The van der Waals surface area contributed by atoms with Crippen molar-refractivity contribution in [2.75, 3.05) is 26.2 Å². The van der Waals surface area contributed by atoms with Gasteiger partial charge >= 0.3 is 0 Å². The molecule has 1 aliphatic rings. The summed E-state index contributed by atoms with van der Waals surface area (Å²) in [5.41, 5.74) is 5.32. The van der Waals surface area contributed by atoms with Crippen LogP contribution in [0.5, 0.6) is 0 Å². The first-order chi connectivity index (χ1) is 6.38. The number of nitrogens with two attached hydrogens (primary N) is 1. The Morgan fingerprint density at radius 3 is 3.15 bits per heavy atom. The van der Waals surface area contributed by atoms with Gasteiger partial charge < -0.3 is 11.1 Å². The van der Waals surface area contributed by atoms with Gasteiger partial charge in [0.25, 0.3) is 0 Å². The summed E-state index contributed by atoms with van der Waals surface area (Å²) in [6, 6.07) is 0.586. The molecule has 1 rings (SSSR count). The second kappa shape index (κ2) is 5.78. The molecule has 1 atom stereocenters. The Morgan fingerprint density at radius 1 is 1.62 bits per heavy atom. The van der Waals surface area contributed by atoms with Crippen molar-refractivity contribution in [2.24, 2.45) is 5.73 Å². The van der Waals surface area contributed by atoms with E-state index in [2.05, 4.69) is 16.8 Å². The van der Waals surface area contributed by atoms with Gasteiger partial charge in [0.1, 0.15) is 0 Å². The summed E-state index contributed by atoms with van der Waals surface area (Å²) in [6.07, 6.45) is 6.65. The van der Waals surface area contributed by atoms with Gasteiger partial charge in [-0.15, -0.1) is 6.58 Å². The first-order valence-electron chi connectivity index (χ1n) is 4.81. The lowest BCUT2D eigenvalue weighted by atomic mass is 10.1. The van der Waals surface area contributed by atoms with E-state index in [0.29, 0.717) is 6.04 Å². The van der Waals surface area contributed by atoms with Crippen molar-refractivity contribution < 1.29 is 0 Å². The van der Waals surface area contributed by atoms with Gasteiger partial charge in [-0.25, -0.2) is 0 Å². The molecule has 74 valence electrons. The average molecular weight is 181 g/mol. The van der Waals surface area contributed by atoms with Crippen LogP contribution in [-0.4, -0.2) is 37.1 Å². The number of piperazine rings is 1. The first-order valence-corrected chi connectivity index (χ1v) is 4.81. The lowest BCUT2D eigenvalue weighted by Gasteiger charge is -2.34. The van der Waals surface area contributed by atoms with Crippen LogP contribution in [0.4, 0.5) is 0 Å². The molecule has 0 spiro atoms. The standard InChI is InChI=1S/C10H19N3/c1-2-4-10-9-12-6-8-13(10)7-3-5-11/h2-3,5,10,12H,1,4,6-9,11H2. The fourth-order valence-corrected chi connectivity index (χ4v) is 1.66. The maximum atomic E-state index is 5.32. The van der Waals surface area contributed by atoms with Crippen molar-refractivity contribution in [3.05, 3.63) is 24.9 Å². The van der Waals surface area contributed by atoms with Gasteiger partial charge in [-0.05, 0) is 12.6 Å². The summed E-state index contributed by atoms with van der Waals surface area (Å²) in [7, 11) is 0. The van der Waals surface area contributed by atoms with Gasteiger partial charge in [-0.2, -0.15) is 0 Å². The molecule has 3 heteroatoms. The molecule has 0 bridgehead atoms. The smallest absolute Gasteiger partial charge is 0.0258 e. The predicted molar refractivity (Wildman–Crippen MR) is 56.4 cm³/mol. The van der Waals surface area contributed by atoms with E-state index in [1.54, 1.807) is 6.20 Å².